The maximum atomic E-state index is 12.3. The van der Waals surface area contributed by atoms with E-state index in [2.05, 4.69) is 20.5 Å². The van der Waals surface area contributed by atoms with Gasteiger partial charge in [0.25, 0.3) is 5.91 Å². The molecule has 9 nitrogen and oxygen atoms in total. The van der Waals surface area contributed by atoms with E-state index in [1.165, 1.54) is 35.2 Å². The van der Waals surface area contributed by atoms with Crippen LogP contribution < -0.4 is 5.32 Å². The lowest BCUT2D eigenvalue weighted by Crippen LogP contribution is -2.18. The van der Waals surface area contributed by atoms with Crippen LogP contribution in [0.2, 0.25) is 0 Å². The Labute approximate surface area is 146 Å². The quantitative estimate of drug-likeness (QED) is 0.718. The van der Waals surface area contributed by atoms with Crippen molar-refractivity contribution in [2.45, 2.75) is 19.9 Å². The number of aryl methyl sites for hydroxylation is 2. The zero-order valence-corrected chi connectivity index (χ0v) is 14.6. The number of aliphatic carboxylic acids is 1. The summed E-state index contributed by atoms with van der Waals surface area (Å²) in [7, 11) is 1.83. The lowest BCUT2D eigenvalue weighted by atomic mass is 10.2. The summed E-state index contributed by atoms with van der Waals surface area (Å²) in [6.07, 6.45) is 3.32. The summed E-state index contributed by atoms with van der Waals surface area (Å²) >= 11 is 1.29. The number of hydrogen-bond acceptors (Lipinski definition) is 6. The molecule has 25 heavy (non-hydrogen) atoms. The Morgan fingerprint density at radius 3 is 2.76 bits per heavy atom. The van der Waals surface area contributed by atoms with Crippen molar-refractivity contribution in [2.24, 2.45) is 7.05 Å². The fourth-order valence-electron chi connectivity index (χ4n) is 2.26. The number of rotatable bonds is 5. The Morgan fingerprint density at radius 1 is 1.36 bits per heavy atom. The number of aromatic nitrogens is 5. The maximum absolute atomic E-state index is 12.3. The molecule has 130 valence electrons. The molecule has 3 heterocycles. The number of nitrogens with zero attached hydrogens (tertiary/aromatic N) is 5. The maximum Gasteiger partial charge on any atom is 0.328 e. The minimum atomic E-state index is -1.02. The Balaban J connectivity index is 1.74. The Hall–Kier alpha value is -3.01. The van der Waals surface area contributed by atoms with E-state index in [0.29, 0.717) is 5.13 Å². The fraction of sp³-hybridized carbons (Fsp3) is 0.267. The lowest BCUT2D eigenvalue weighted by Gasteiger charge is -2.05. The number of carboxylic acid groups (broad SMARTS) is 1. The normalized spacial score (nSPS) is 12.1. The first kappa shape index (κ1) is 16.8. The van der Waals surface area contributed by atoms with Crippen molar-refractivity contribution in [1.29, 1.82) is 0 Å². The minimum Gasteiger partial charge on any atom is -0.480 e. The van der Waals surface area contributed by atoms with Crippen molar-refractivity contribution in [3.8, 4) is 11.3 Å². The second-order valence-corrected chi connectivity index (χ2v) is 6.35. The highest BCUT2D eigenvalue weighted by atomic mass is 32.1. The van der Waals surface area contributed by atoms with Gasteiger partial charge in [0.1, 0.15) is 6.04 Å². The molecule has 0 radical (unpaired) electrons. The second kappa shape index (κ2) is 6.48. The van der Waals surface area contributed by atoms with Gasteiger partial charge in [-0.15, -0.1) is 11.3 Å². The summed E-state index contributed by atoms with van der Waals surface area (Å²) in [5, 5.41) is 22.2. The van der Waals surface area contributed by atoms with Gasteiger partial charge < -0.3 is 5.11 Å². The average Bonchev–Trinajstić information content (AvgIpc) is 3.26. The van der Waals surface area contributed by atoms with Crippen LogP contribution in [0.4, 0.5) is 5.13 Å². The van der Waals surface area contributed by atoms with E-state index in [4.69, 9.17) is 5.11 Å². The molecule has 1 atom stereocenters. The molecule has 3 aromatic rings. The van der Waals surface area contributed by atoms with Crippen molar-refractivity contribution in [3.05, 3.63) is 35.2 Å². The van der Waals surface area contributed by atoms with Gasteiger partial charge in [0.05, 0.1) is 11.4 Å². The molecule has 0 fully saturated rings. The number of carboxylic acids is 1. The van der Waals surface area contributed by atoms with Crippen LogP contribution in [0.15, 0.2) is 23.8 Å². The Morgan fingerprint density at radius 2 is 2.12 bits per heavy atom. The zero-order chi connectivity index (χ0) is 18.1. The molecular weight excluding hydrogens is 344 g/mol. The molecule has 0 aliphatic rings. The minimum absolute atomic E-state index is 0.127. The van der Waals surface area contributed by atoms with Crippen LogP contribution in [0.1, 0.15) is 29.1 Å². The molecule has 0 spiro atoms. The lowest BCUT2D eigenvalue weighted by molar-refractivity contribution is -0.140. The van der Waals surface area contributed by atoms with E-state index in [1.54, 1.807) is 4.68 Å². The van der Waals surface area contributed by atoms with Gasteiger partial charge in [-0.2, -0.15) is 10.2 Å². The van der Waals surface area contributed by atoms with Gasteiger partial charge in [-0.25, -0.2) is 9.78 Å². The Kier molecular flexibility index (Phi) is 4.36. The molecule has 1 amide bonds. The molecule has 10 heteroatoms. The topological polar surface area (TPSA) is 115 Å². The Bertz CT molecular complexity index is 941. The van der Waals surface area contributed by atoms with Gasteiger partial charge in [-0.05, 0) is 19.9 Å². The van der Waals surface area contributed by atoms with Crippen LogP contribution >= 0.6 is 11.3 Å². The van der Waals surface area contributed by atoms with Crippen molar-refractivity contribution >= 4 is 28.3 Å². The summed E-state index contributed by atoms with van der Waals surface area (Å²) in [5.74, 6) is -1.47. The van der Waals surface area contributed by atoms with Crippen LogP contribution in [0.5, 0.6) is 0 Å². The van der Waals surface area contributed by atoms with E-state index in [1.807, 2.05) is 25.5 Å². The molecule has 0 aliphatic carbocycles. The molecule has 1 unspecified atom stereocenters. The van der Waals surface area contributed by atoms with Crippen LogP contribution in [-0.4, -0.2) is 41.5 Å². The molecular formula is C15H16N6O3S. The van der Waals surface area contributed by atoms with Gasteiger partial charge in [-0.3, -0.25) is 19.5 Å². The zero-order valence-electron chi connectivity index (χ0n) is 13.8. The third-order valence-electron chi connectivity index (χ3n) is 3.61. The summed E-state index contributed by atoms with van der Waals surface area (Å²) < 4.78 is 2.93. The summed E-state index contributed by atoms with van der Waals surface area (Å²) in [4.78, 5) is 27.6. The number of carbonyl (C=O) groups is 2. The van der Waals surface area contributed by atoms with Gasteiger partial charge in [-0.1, -0.05) is 0 Å². The first-order chi connectivity index (χ1) is 11.8. The summed E-state index contributed by atoms with van der Waals surface area (Å²) in [6.45, 7) is 3.38. The van der Waals surface area contributed by atoms with E-state index >= 15 is 0 Å². The number of carbonyl (C=O) groups excluding carboxylic acids is 1. The predicted molar refractivity (Wildman–Crippen MR) is 91.6 cm³/mol. The molecule has 3 rings (SSSR count). The van der Waals surface area contributed by atoms with E-state index in [9.17, 15) is 9.59 Å². The largest absolute Gasteiger partial charge is 0.480 e. The molecule has 0 saturated carbocycles. The van der Waals surface area contributed by atoms with Crippen LogP contribution in [0.25, 0.3) is 11.3 Å². The van der Waals surface area contributed by atoms with Gasteiger partial charge in [0.15, 0.2) is 10.8 Å². The summed E-state index contributed by atoms with van der Waals surface area (Å²) in [5.41, 5.74) is 2.62. The number of thiazole rings is 1. The monoisotopic (exact) mass is 360 g/mol. The van der Waals surface area contributed by atoms with E-state index < -0.39 is 17.9 Å². The van der Waals surface area contributed by atoms with Crippen molar-refractivity contribution < 1.29 is 14.7 Å². The molecule has 0 aliphatic heterocycles. The third kappa shape index (κ3) is 3.43. The number of anilines is 1. The van der Waals surface area contributed by atoms with Gasteiger partial charge in [0, 0.05) is 30.4 Å². The van der Waals surface area contributed by atoms with Crippen molar-refractivity contribution in [1.82, 2.24) is 24.5 Å². The smallest absolute Gasteiger partial charge is 0.328 e. The number of amides is 1. The number of nitrogens with one attached hydrogen (secondary N) is 1. The standard InChI is InChI=1S/C15H16N6O3S/c1-8-10(6-20(3)18-8)12-7-25-15(16-12)17-13(22)11-4-5-21(19-11)9(2)14(23)24/h4-7,9H,1-3H3,(H,23,24)(H,16,17,22). The van der Waals surface area contributed by atoms with Gasteiger partial charge in [0.2, 0.25) is 0 Å². The van der Waals surface area contributed by atoms with Crippen molar-refractivity contribution in [3.63, 3.8) is 0 Å². The van der Waals surface area contributed by atoms with Crippen LogP contribution in [0, 0.1) is 6.92 Å². The van der Waals surface area contributed by atoms with E-state index in [0.717, 1.165) is 17.0 Å². The highest BCUT2D eigenvalue weighted by molar-refractivity contribution is 7.14. The predicted octanol–water partition coefficient (Wildman–Crippen LogP) is 1.95. The van der Waals surface area contributed by atoms with Crippen LogP contribution in [-0.2, 0) is 11.8 Å². The highest BCUT2D eigenvalue weighted by Crippen LogP contribution is 2.27. The highest BCUT2D eigenvalue weighted by Gasteiger charge is 2.18. The molecule has 2 N–H and O–H groups in total. The third-order valence-corrected chi connectivity index (χ3v) is 4.37. The number of hydrogen-bond donors (Lipinski definition) is 2. The summed E-state index contributed by atoms with van der Waals surface area (Å²) in [6, 6.07) is 0.621. The molecule has 0 bridgehead atoms. The second-order valence-electron chi connectivity index (χ2n) is 5.49. The SMILES string of the molecule is Cc1nn(C)cc1-c1csc(NC(=O)c2ccn(C(C)C(=O)O)n2)n1. The fourth-order valence-corrected chi connectivity index (χ4v) is 2.96. The molecule has 3 aromatic heterocycles. The average molecular weight is 360 g/mol. The first-order valence-corrected chi connectivity index (χ1v) is 8.28. The van der Waals surface area contributed by atoms with Crippen LogP contribution in [0.3, 0.4) is 0 Å². The molecule has 0 saturated heterocycles. The van der Waals surface area contributed by atoms with E-state index in [-0.39, 0.29) is 5.69 Å². The van der Waals surface area contributed by atoms with Gasteiger partial charge >= 0.3 is 5.97 Å². The van der Waals surface area contributed by atoms with Crippen molar-refractivity contribution in [2.75, 3.05) is 5.32 Å². The molecule has 0 aromatic carbocycles. The first-order valence-electron chi connectivity index (χ1n) is 7.40.